The van der Waals surface area contributed by atoms with Crippen molar-refractivity contribution in [3.63, 3.8) is 0 Å². The molecule has 0 aliphatic carbocycles. The van der Waals surface area contributed by atoms with Crippen molar-refractivity contribution in [1.82, 2.24) is 4.72 Å². The highest BCUT2D eigenvalue weighted by atomic mass is 32.2. The van der Waals surface area contributed by atoms with Gasteiger partial charge in [-0.05, 0) is 12.1 Å². The minimum Gasteiger partial charge on any atom is -0.497 e. The van der Waals surface area contributed by atoms with Gasteiger partial charge in [0.1, 0.15) is 30.8 Å². The van der Waals surface area contributed by atoms with Crippen LogP contribution in [0, 0.1) is 0 Å². The van der Waals surface area contributed by atoms with Crippen LogP contribution in [0.5, 0.6) is 11.5 Å². The Hall–Kier alpha value is -1.44. The Balaban J connectivity index is 2.80. The lowest BCUT2D eigenvalue weighted by molar-refractivity contribution is 0.0853. The smallest absolute Gasteiger partial charge is 0.335 e. The van der Waals surface area contributed by atoms with E-state index in [1.165, 1.54) is 13.2 Å². The van der Waals surface area contributed by atoms with Gasteiger partial charge in [-0.15, -0.1) is 0 Å². The van der Waals surface area contributed by atoms with Gasteiger partial charge in [0.05, 0.1) is 7.11 Å². The van der Waals surface area contributed by atoms with E-state index in [1.807, 2.05) is 4.72 Å². The van der Waals surface area contributed by atoms with Crippen LogP contribution in [0.25, 0.3) is 0 Å². The fourth-order valence-corrected chi connectivity index (χ4v) is 2.17. The second kappa shape index (κ2) is 8.42. The number of ether oxygens (including phenoxy) is 2. The predicted octanol–water partition coefficient (Wildman–Crippen LogP) is -0.856. The van der Waals surface area contributed by atoms with Crippen LogP contribution in [0.15, 0.2) is 24.3 Å². The molecule has 0 aromatic heterocycles. The highest BCUT2D eigenvalue weighted by Crippen LogP contribution is 2.20. The molecule has 0 amide bonds. The van der Waals surface area contributed by atoms with E-state index in [9.17, 15) is 16.8 Å². The minimum absolute atomic E-state index is 0.304. The van der Waals surface area contributed by atoms with Crippen LogP contribution in [0.3, 0.4) is 0 Å². The van der Waals surface area contributed by atoms with Crippen molar-refractivity contribution in [3.05, 3.63) is 24.3 Å². The van der Waals surface area contributed by atoms with Gasteiger partial charge >= 0.3 is 20.6 Å². The molecule has 10 nitrogen and oxygen atoms in total. The number of hydrogen-bond donors (Lipinski definition) is 2. The molecule has 12 heteroatoms. The average Bonchev–Trinajstić information content (AvgIpc) is 2.49. The van der Waals surface area contributed by atoms with Crippen molar-refractivity contribution in [2.75, 3.05) is 27.4 Å². The normalized spacial score (nSPS) is 13.5. The average molecular weight is 370 g/mol. The Morgan fingerprint density at radius 1 is 1.13 bits per heavy atom. The largest absolute Gasteiger partial charge is 0.497 e. The molecule has 0 heterocycles. The van der Waals surface area contributed by atoms with E-state index < -0.39 is 39.9 Å². The summed E-state index contributed by atoms with van der Waals surface area (Å²) in [6, 6.07) is 6.40. The van der Waals surface area contributed by atoms with Crippen LogP contribution >= 0.6 is 0 Å². The first kappa shape index (κ1) is 19.6. The van der Waals surface area contributed by atoms with Gasteiger partial charge in [-0.3, -0.25) is 8.37 Å². The van der Waals surface area contributed by atoms with Crippen LogP contribution in [-0.2, 0) is 29.0 Å². The van der Waals surface area contributed by atoms with Crippen LogP contribution in [0.2, 0.25) is 0 Å². The van der Waals surface area contributed by atoms with Crippen LogP contribution in [0.1, 0.15) is 0 Å². The number of nitrogens with one attached hydrogen (secondary N) is 1. The van der Waals surface area contributed by atoms with Gasteiger partial charge < -0.3 is 9.47 Å². The van der Waals surface area contributed by atoms with Gasteiger partial charge in [0.25, 0.3) is 0 Å². The lowest BCUT2D eigenvalue weighted by Crippen LogP contribution is -2.34. The molecule has 0 saturated heterocycles. The van der Waals surface area contributed by atoms with E-state index >= 15 is 0 Å². The first-order valence-corrected chi connectivity index (χ1v) is 9.09. The topological polar surface area (TPSA) is 143 Å². The summed E-state index contributed by atoms with van der Waals surface area (Å²) in [5.41, 5.74) is 0. The summed E-state index contributed by atoms with van der Waals surface area (Å²) >= 11 is 0. The van der Waals surface area contributed by atoms with Crippen LogP contribution in [-0.4, -0.2) is 50.3 Å². The number of hydrogen-bond acceptors (Lipinski definition) is 8. The van der Waals surface area contributed by atoms with Gasteiger partial charge in [-0.2, -0.15) is 21.6 Å². The van der Waals surface area contributed by atoms with E-state index in [0.29, 0.717) is 11.5 Å². The van der Waals surface area contributed by atoms with Crippen molar-refractivity contribution < 1.29 is 34.7 Å². The summed E-state index contributed by atoms with van der Waals surface area (Å²) in [7, 11) is -5.55. The van der Waals surface area contributed by atoms with Gasteiger partial charge in [0, 0.05) is 13.1 Å². The molecule has 0 spiro atoms. The zero-order valence-electron chi connectivity index (χ0n) is 12.5. The van der Waals surface area contributed by atoms with Crippen molar-refractivity contribution in [2.45, 2.75) is 6.10 Å². The highest BCUT2D eigenvalue weighted by Gasteiger charge is 2.19. The van der Waals surface area contributed by atoms with Crippen LogP contribution < -0.4 is 19.3 Å². The lowest BCUT2D eigenvalue weighted by atomic mass is 10.3. The molecule has 1 aromatic carbocycles. The molecule has 0 aliphatic heterocycles. The lowest BCUT2D eigenvalue weighted by Gasteiger charge is -2.18. The summed E-state index contributed by atoms with van der Waals surface area (Å²) < 4.78 is 65.7. The third kappa shape index (κ3) is 8.11. The van der Waals surface area contributed by atoms with E-state index in [4.69, 9.17) is 14.6 Å². The Morgan fingerprint density at radius 3 is 2.30 bits per heavy atom. The second-order valence-electron chi connectivity index (χ2n) is 4.14. The number of nitrogens with two attached hydrogens (primary N) is 1. The summed E-state index contributed by atoms with van der Waals surface area (Å²) in [5.74, 6) is 0.801. The Morgan fingerprint density at radius 2 is 1.74 bits per heavy atom. The molecule has 0 saturated carbocycles. The zero-order chi connectivity index (χ0) is 17.5. The summed E-state index contributed by atoms with van der Waals surface area (Å²) in [4.78, 5) is 0. The Labute approximate surface area is 135 Å². The fraction of sp³-hybridized carbons (Fsp3) is 0.455. The number of benzene rings is 1. The third-order valence-electron chi connectivity index (χ3n) is 2.42. The van der Waals surface area contributed by atoms with Gasteiger partial charge in [0.2, 0.25) is 0 Å². The molecule has 0 aliphatic rings. The monoisotopic (exact) mass is 370 g/mol. The SMILES string of the molecule is CNS(=O)(=O)OCC(COS(N)(=O)=O)Oc1cccc(OC)c1. The third-order valence-corrected chi connectivity index (χ3v) is 3.83. The predicted molar refractivity (Wildman–Crippen MR) is 80.4 cm³/mol. The van der Waals surface area contributed by atoms with Crippen LogP contribution in [0.4, 0.5) is 0 Å². The first-order valence-electron chi connectivity index (χ1n) is 6.21. The quantitative estimate of drug-likeness (QED) is 0.542. The molecule has 0 bridgehead atoms. The van der Waals surface area contributed by atoms with Crippen molar-refractivity contribution >= 4 is 20.6 Å². The molecule has 23 heavy (non-hydrogen) atoms. The molecule has 0 fully saturated rings. The molecule has 1 rings (SSSR count). The number of methoxy groups -OCH3 is 1. The van der Waals surface area contributed by atoms with Gasteiger partial charge in [-0.1, -0.05) is 6.07 Å². The Kier molecular flexibility index (Phi) is 7.18. The fourth-order valence-electron chi connectivity index (χ4n) is 1.38. The van der Waals surface area contributed by atoms with E-state index in [2.05, 4.69) is 8.37 Å². The van der Waals surface area contributed by atoms with Crippen molar-refractivity contribution in [2.24, 2.45) is 5.14 Å². The molecular formula is C11H18N2O8S2. The van der Waals surface area contributed by atoms with E-state index in [0.717, 1.165) is 7.05 Å². The molecule has 1 unspecified atom stereocenters. The van der Waals surface area contributed by atoms with Gasteiger partial charge in [-0.25, -0.2) is 5.14 Å². The Bertz CT molecular complexity index is 704. The molecule has 1 aromatic rings. The standard InChI is InChI=1S/C11H18N2O8S2/c1-13-23(16,17)20-8-11(7-19-22(12,14)15)21-10-5-3-4-9(6-10)18-2/h3-6,11,13H,7-8H2,1-2H3,(H2,12,14,15). The molecular weight excluding hydrogens is 352 g/mol. The molecule has 132 valence electrons. The molecule has 0 radical (unpaired) electrons. The summed E-state index contributed by atoms with van der Waals surface area (Å²) in [6.07, 6.45) is -1.05. The zero-order valence-corrected chi connectivity index (χ0v) is 14.1. The van der Waals surface area contributed by atoms with Gasteiger partial charge in [0.15, 0.2) is 0 Å². The maximum Gasteiger partial charge on any atom is 0.335 e. The molecule has 3 N–H and O–H groups in total. The summed E-state index contributed by atoms with van der Waals surface area (Å²) in [5, 5.41) is 4.73. The second-order valence-corrected chi connectivity index (χ2v) is 6.91. The highest BCUT2D eigenvalue weighted by molar-refractivity contribution is 7.84. The number of rotatable bonds is 10. The maximum atomic E-state index is 11.3. The van der Waals surface area contributed by atoms with E-state index in [-0.39, 0.29) is 0 Å². The maximum absolute atomic E-state index is 11.3. The minimum atomic E-state index is -4.21. The summed E-state index contributed by atoms with van der Waals surface area (Å²) in [6.45, 7) is -1.02. The van der Waals surface area contributed by atoms with Crippen molar-refractivity contribution in [1.29, 1.82) is 0 Å². The molecule has 1 atom stereocenters. The first-order chi connectivity index (χ1) is 10.6. The van der Waals surface area contributed by atoms with Crippen molar-refractivity contribution in [3.8, 4) is 11.5 Å². The van der Waals surface area contributed by atoms with E-state index in [1.54, 1.807) is 18.2 Å².